The molecule has 0 saturated carbocycles. The highest BCUT2D eigenvalue weighted by Gasteiger charge is 2.31. The molecule has 3 N–H and O–H groups in total. The van der Waals surface area contributed by atoms with Crippen LogP contribution in [0.2, 0.25) is 0 Å². The van der Waals surface area contributed by atoms with Crippen LogP contribution in [-0.4, -0.2) is 87.7 Å². The smallest absolute Gasteiger partial charge is 0.321 e. The largest absolute Gasteiger partial charge is 0.385 e. The number of amides is 4. The van der Waals surface area contributed by atoms with Crippen LogP contribution in [0, 0.1) is 0 Å². The van der Waals surface area contributed by atoms with Crippen molar-refractivity contribution in [3.8, 4) is 0 Å². The minimum absolute atomic E-state index is 0.00785. The number of urea groups is 1. The molecule has 9 heteroatoms. The zero-order chi connectivity index (χ0) is 21.1. The SMILES string of the molecule is CNC(=O)NC(=O)C(c1ccccc1)N1CCN(CC(=O)NCCCOC)CC1. The van der Waals surface area contributed by atoms with E-state index in [1.54, 1.807) is 7.11 Å². The highest BCUT2D eigenvalue weighted by atomic mass is 16.5. The second-order valence-electron chi connectivity index (χ2n) is 6.89. The van der Waals surface area contributed by atoms with Gasteiger partial charge in [-0.25, -0.2) is 4.79 Å². The van der Waals surface area contributed by atoms with Crippen molar-refractivity contribution in [1.82, 2.24) is 25.8 Å². The lowest BCUT2D eigenvalue weighted by molar-refractivity contribution is -0.127. The standard InChI is InChI=1S/C20H31N5O4/c1-21-20(28)23-19(27)18(16-7-4-3-5-8-16)25-12-10-24(11-13-25)15-17(26)22-9-6-14-29-2/h3-5,7-8,18H,6,9-15H2,1-2H3,(H,22,26)(H2,21,23,27,28). The average Bonchev–Trinajstić information content (AvgIpc) is 2.73. The first kappa shape index (κ1) is 22.8. The third kappa shape index (κ3) is 7.45. The van der Waals surface area contributed by atoms with Gasteiger partial charge in [0.05, 0.1) is 6.54 Å². The normalized spacial score (nSPS) is 16.1. The summed E-state index contributed by atoms with van der Waals surface area (Å²) in [6, 6.07) is 8.32. The first-order valence-electron chi connectivity index (χ1n) is 9.84. The van der Waals surface area contributed by atoms with E-state index >= 15 is 0 Å². The molecule has 1 aliphatic heterocycles. The van der Waals surface area contributed by atoms with Crippen molar-refractivity contribution in [2.45, 2.75) is 12.5 Å². The minimum atomic E-state index is -0.557. The Morgan fingerprint density at radius 2 is 1.79 bits per heavy atom. The van der Waals surface area contributed by atoms with Crippen molar-refractivity contribution >= 4 is 17.8 Å². The first-order valence-corrected chi connectivity index (χ1v) is 9.84. The van der Waals surface area contributed by atoms with Crippen molar-refractivity contribution in [2.75, 3.05) is 60.0 Å². The molecule has 1 aromatic rings. The Balaban J connectivity index is 1.91. The van der Waals surface area contributed by atoms with Gasteiger partial charge in [-0.2, -0.15) is 0 Å². The number of imide groups is 1. The lowest BCUT2D eigenvalue weighted by Crippen LogP contribution is -2.53. The molecule has 1 aliphatic rings. The van der Waals surface area contributed by atoms with Crippen molar-refractivity contribution < 1.29 is 19.1 Å². The van der Waals surface area contributed by atoms with Crippen LogP contribution in [0.3, 0.4) is 0 Å². The van der Waals surface area contributed by atoms with Gasteiger partial charge in [-0.3, -0.25) is 24.7 Å². The maximum atomic E-state index is 12.7. The number of hydrogen-bond acceptors (Lipinski definition) is 6. The van der Waals surface area contributed by atoms with Crippen LogP contribution in [0.1, 0.15) is 18.0 Å². The monoisotopic (exact) mass is 405 g/mol. The van der Waals surface area contributed by atoms with Crippen molar-refractivity contribution in [1.29, 1.82) is 0 Å². The van der Waals surface area contributed by atoms with Gasteiger partial charge in [0.15, 0.2) is 0 Å². The van der Waals surface area contributed by atoms with Gasteiger partial charge in [-0.1, -0.05) is 30.3 Å². The molecule has 1 atom stereocenters. The number of ether oxygens (including phenoxy) is 1. The van der Waals surface area contributed by atoms with Gasteiger partial charge < -0.3 is 15.4 Å². The Kier molecular flexibility index (Phi) is 9.55. The van der Waals surface area contributed by atoms with Crippen molar-refractivity contribution in [3.63, 3.8) is 0 Å². The Morgan fingerprint density at radius 3 is 2.41 bits per heavy atom. The Bertz CT molecular complexity index is 662. The third-order valence-corrected chi connectivity index (χ3v) is 4.81. The van der Waals surface area contributed by atoms with Gasteiger partial charge in [0, 0.05) is 53.5 Å². The predicted molar refractivity (Wildman–Crippen MR) is 109 cm³/mol. The van der Waals surface area contributed by atoms with Crippen LogP contribution in [0.15, 0.2) is 30.3 Å². The Labute approximate surface area is 171 Å². The fraction of sp³-hybridized carbons (Fsp3) is 0.550. The Hall–Kier alpha value is -2.49. The molecular weight excluding hydrogens is 374 g/mol. The molecule has 4 amide bonds. The van der Waals surface area contributed by atoms with E-state index in [1.807, 2.05) is 35.2 Å². The number of methoxy groups -OCH3 is 1. The topological polar surface area (TPSA) is 103 Å². The second-order valence-corrected chi connectivity index (χ2v) is 6.89. The van der Waals surface area contributed by atoms with E-state index in [0.717, 1.165) is 12.0 Å². The number of nitrogens with zero attached hydrogens (tertiary/aromatic N) is 2. The quantitative estimate of drug-likeness (QED) is 0.498. The maximum Gasteiger partial charge on any atom is 0.321 e. The number of carbonyl (C=O) groups is 3. The van der Waals surface area contributed by atoms with Crippen molar-refractivity contribution in [3.05, 3.63) is 35.9 Å². The molecular formula is C20H31N5O4. The third-order valence-electron chi connectivity index (χ3n) is 4.81. The molecule has 0 spiro atoms. The van der Waals surface area contributed by atoms with Crippen molar-refractivity contribution in [2.24, 2.45) is 0 Å². The summed E-state index contributed by atoms with van der Waals surface area (Å²) >= 11 is 0. The highest BCUT2D eigenvalue weighted by molar-refractivity contribution is 5.97. The molecule has 1 heterocycles. The molecule has 1 saturated heterocycles. The molecule has 1 fully saturated rings. The molecule has 0 aromatic heterocycles. The van der Waals surface area contributed by atoms with E-state index in [9.17, 15) is 14.4 Å². The summed E-state index contributed by atoms with van der Waals surface area (Å²) < 4.78 is 4.97. The van der Waals surface area contributed by atoms with E-state index in [1.165, 1.54) is 7.05 Å². The van der Waals surface area contributed by atoms with E-state index in [2.05, 4.69) is 20.9 Å². The van der Waals surface area contributed by atoms with Crippen LogP contribution in [0.5, 0.6) is 0 Å². The van der Waals surface area contributed by atoms with Crippen LogP contribution in [0.25, 0.3) is 0 Å². The van der Waals surface area contributed by atoms with Crippen LogP contribution < -0.4 is 16.0 Å². The zero-order valence-corrected chi connectivity index (χ0v) is 17.1. The molecule has 0 bridgehead atoms. The van der Waals surface area contributed by atoms with Crippen LogP contribution >= 0.6 is 0 Å². The summed E-state index contributed by atoms with van der Waals surface area (Å²) in [6.07, 6.45) is 0.787. The first-order chi connectivity index (χ1) is 14.0. The number of hydrogen-bond donors (Lipinski definition) is 3. The average molecular weight is 405 g/mol. The molecule has 9 nitrogen and oxygen atoms in total. The maximum absolute atomic E-state index is 12.7. The summed E-state index contributed by atoms with van der Waals surface area (Å²) in [4.78, 5) is 40.5. The summed E-state index contributed by atoms with van der Waals surface area (Å²) in [7, 11) is 3.11. The lowest BCUT2D eigenvalue weighted by Gasteiger charge is -2.38. The lowest BCUT2D eigenvalue weighted by atomic mass is 10.0. The summed E-state index contributed by atoms with van der Waals surface area (Å²) in [5, 5.41) is 7.68. The van der Waals surface area contributed by atoms with Gasteiger partial charge in [0.2, 0.25) is 11.8 Å². The molecule has 0 radical (unpaired) electrons. The van der Waals surface area contributed by atoms with E-state index < -0.39 is 12.1 Å². The van der Waals surface area contributed by atoms with Gasteiger partial charge in [0.25, 0.3) is 0 Å². The highest BCUT2D eigenvalue weighted by Crippen LogP contribution is 2.22. The van der Waals surface area contributed by atoms with Crippen LogP contribution in [0.4, 0.5) is 4.79 Å². The van der Waals surface area contributed by atoms with E-state index in [0.29, 0.717) is 45.9 Å². The molecule has 0 aliphatic carbocycles. The molecule has 29 heavy (non-hydrogen) atoms. The molecule has 160 valence electrons. The number of benzene rings is 1. The summed E-state index contributed by atoms with van der Waals surface area (Å²) in [6.45, 7) is 4.14. The van der Waals surface area contributed by atoms with Gasteiger partial charge in [-0.15, -0.1) is 0 Å². The minimum Gasteiger partial charge on any atom is -0.385 e. The summed E-state index contributed by atoms with van der Waals surface area (Å²) in [5.41, 5.74) is 0.832. The van der Waals surface area contributed by atoms with Gasteiger partial charge in [0.1, 0.15) is 6.04 Å². The molecule has 1 unspecified atom stereocenters. The number of rotatable bonds is 9. The number of carbonyl (C=O) groups excluding carboxylic acids is 3. The number of piperazine rings is 1. The van der Waals surface area contributed by atoms with E-state index in [4.69, 9.17) is 4.74 Å². The van der Waals surface area contributed by atoms with E-state index in [-0.39, 0.29) is 11.8 Å². The molecule has 2 rings (SSSR count). The predicted octanol–water partition coefficient (Wildman–Crippen LogP) is -0.0464. The second kappa shape index (κ2) is 12.2. The van der Waals surface area contributed by atoms with Gasteiger partial charge >= 0.3 is 6.03 Å². The summed E-state index contributed by atoms with van der Waals surface area (Å²) in [5.74, 6) is -0.369. The fourth-order valence-electron chi connectivity index (χ4n) is 3.29. The number of nitrogens with one attached hydrogen (secondary N) is 3. The Morgan fingerprint density at radius 1 is 1.10 bits per heavy atom. The molecule has 1 aromatic carbocycles. The van der Waals surface area contributed by atoms with Crippen LogP contribution in [-0.2, 0) is 14.3 Å². The zero-order valence-electron chi connectivity index (χ0n) is 17.1. The van der Waals surface area contributed by atoms with Gasteiger partial charge in [-0.05, 0) is 12.0 Å². The fourth-order valence-corrected chi connectivity index (χ4v) is 3.29.